The van der Waals surface area contributed by atoms with E-state index in [0.29, 0.717) is 66.7 Å². The first-order chi connectivity index (χ1) is 49.8. The molecule has 0 bridgehead atoms. The summed E-state index contributed by atoms with van der Waals surface area (Å²) >= 11 is 32.0. The van der Waals surface area contributed by atoms with Crippen LogP contribution in [0, 0.1) is 10.1 Å². The molecule has 1 fully saturated rings. The number of esters is 1. The number of nitro groups is 1. The maximum absolute atomic E-state index is 11.3. The number of halogens is 8. The van der Waals surface area contributed by atoms with Crippen LogP contribution in [0.15, 0.2) is 138 Å². The van der Waals surface area contributed by atoms with Gasteiger partial charge in [-0.3, -0.25) is 67.6 Å². The highest BCUT2D eigenvalue weighted by molar-refractivity contribution is 9.14. The molecule has 2 rings (SSSR count). The fourth-order valence-electron chi connectivity index (χ4n) is 7.37. The second kappa shape index (κ2) is 65.8. The van der Waals surface area contributed by atoms with Crippen molar-refractivity contribution in [3.63, 3.8) is 0 Å². The zero-order valence-electron chi connectivity index (χ0n) is 67.6. The van der Waals surface area contributed by atoms with Crippen LogP contribution in [-0.4, -0.2) is 170 Å². The molecular formula is C74H107Br5Cl3N5O22. The van der Waals surface area contributed by atoms with Gasteiger partial charge in [-0.25, -0.2) is 4.79 Å². The molecule has 35 heteroatoms. The third-order valence-corrected chi connectivity index (χ3v) is 17.9. The molecule has 1 heterocycles. The van der Waals surface area contributed by atoms with Crippen molar-refractivity contribution in [2.24, 2.45) is 0 Å². The van der Waals surface area contributed by atoms with E-state index in [1.165, 1.54) is 104 Å². The van der Waals surface area contributed by atoms with Gasteiger partial charge in [0.1, 0.15) is 39.3 Å². The summed E-state index contributed by atoms with van der Waals surface area (Å²) in [6, 6.07) is 9.34. The number of aliphatic hydroxyl groups excluding tert-OH is 1. The zero-order valence-corrected chi connectivity index (χ0v) is 77.8. The topological polar surface area (TPSA) is 380 Å². The van der Waals surface area contributed by atoms with Gasteiger partial charge in [0.25, 0.3) is 0 Å². The van der Waals surface area contributed by atoms with Crippen LogP contribution in [0.1, 0.15) is 159 Å². The number of ketones is 11. The molecule has 1 atom stereocenters. The molecule has 616 valence electrons. The second-order valence-corrected chi connectivity index (χ2v) is 28.3. The molecular weight excluding hydrogens is 1820 g/mol. The van der Waals surface area contributed by atoms with Crippen molar-refractivity contribution in [1.82, 2.24) is 20.9 Å². The van der Waals surface area contributed by atoms with Crippen LogP contribution in [0.3, 0.4) is 0 Å². The van der Waals surface area contributed by atoms with Gasteiger partial charge in [0.2, 0.25) is 11.7 Å². The molecule has 1 aliphatic heterocycles. The predicted octanol–water partition coefficient (Wildman–Crippen LogP) is 15.8. The molecule has 4 N–H and O–H groups in total. The van der Waals surface area contributed by atoms with Gasteiger partial charge < -0.3 is 54.4 Å². The number of likely N-dealkylation sites (N-methyl/N-ethyl adjacent to an activating group) is 2. The van der Waals surface area contributed by atoms with Gasteiger partial charge in [0, 0.05) is 103 Å². The number of hydrogen-bond donors (Lipinski definition) is 4. The Hall–Kier alpha value is -6.88. The number of benzene rings is 1. The van der Waals surface area contributed by atoms with Gasteiger partial charge in [-0.2, -0.15) is 0 Å². The molecule has 1 aliphatic rings. The number of carbonyl (C=O) groups is 13. The standard InChI is InChI=1S/C11H11BrO2.C10H14O5.C9H13ClO2.C8H16N2O.C7H11BrO2.C7H10ClNO2.C7H13NO2.C5H6Br2O.C5H6BrNO3.C5H7ClO2/c1-8(13)11(12)9(2)14-10-6-4-3-5-7-10;1-6(10-14-4-5-15-10)8(7(2)11)9(12)13-3;1-5(6(2)10)9(7(3)11)8(4)12;1-6(9-3)8(7(2)11)10(4)5;1-5(4-8)7(10-3)6(2)9;1-4(8)7(5(2)10)9-6(3)11;1-5(9)7(8-3)6(2)10-4;1-3(6)5(7)4(2)8;1-3(6)5(4(2)8)7(9)10;1-3(7)5(6)4(2)8/h3-7H,1-2H3;10H,4-5H2,1-3H3;6H,1-4H3;9H,1-5H3;4H2,1-3H3;1-3H3,(H,9,11);8H,1-4H3;1-2H3;1-2H3;7H,1-2H3/b11-9+;8-6+;;8-6+;7-5+;7-4+;7-6+;3*5-3+. The summed E-state index contributed by atoms with van der Waals surface area (Å²) in [7, 11) is 11.5. The number of amides is 1. The van der Waals surface area contributed by atoms with E-state index in [9.17, 15) is 72.4 Å². The number of ether oxygens (including phenoxy) is 6. The molecule has 0 aromatic heterocycles. The summed E-state index contributed by atoms with van der Waals surface area (Å²) in [5.41, 5.74) is 4.22. The average molecular weight is 1920 g/mol. The number of methoxy groups -OCH3 is 3. The van der Waals surface area contributed by atoms with Crippen LogP contribution >= 0.6 is 114 Å². The second-order valence-electron chi connectivity index (χ2n) is 22.1. The molecule has 0 spiro atoms. The summed E-state index contributed by atoms with van der Waals surface area (Å²) in [6.07, 6.45) is -0.608. The molecule has 0 radical (unpaired) electrons. The lowest BCUT2D eigenvalue weighted by Crippen LogP contribution is -2.24. The molecule has 109 heavy (non-hydrogen) atoms. The van der Waals surface area contributed by atoms with Crippen molar-refractivity contribution in [3.8, 4) is 5.75 Å². The number of alkyl halides is 2. The van der Waals surface area contributed by atoms with E-state index >= 15 is 0 Å². The van der Waals surface area contributed by atoms with E-state index < -0.39 is 23.0 Å². The lowest BCUT2D eigenvalue weighted by molar-refractivity contribution is -0.419. The fraction of sp³-hybridized carbons (Fsp3) is 0.473. The van der Waals surface area contributed by atoms with Crippen molar-refractivity contribution in [1.29, 1.82) is 0 Å². The normalized spacial score (nSPS) is 13.1. The number of Topliss-reactive ketones (excluding diaryl/α,β-unsaturated/α-hetero) is 11. The van der Waals surface area contributed by atoms with Crippen LogP contribution < -0.4 is 20.7 Å². The summed E-state index contributed by atoms with van der Waals surface area (Å²) in [4.78, 5) is 152. The summed E-state index contributed by atoms with van der Waals surface area (Å²) in [5.74, 6) is -0.537. The third kappa shape index (κ3) is 56.9. The van der Waals surface area contributed by atoms with Crippen molar-refractivity contribution >= 4 is 190 Å². The summed E-state index contributed by atoms with van der Waals surface area (Å²) < 4.78 is 32.3. The number of para-hydroxylation sites is 1. The first kappa shape index (κ1) is 118. The largest absolute Gasteiger partial charge is 0.511 e. The maximum atomic E-state index is 11.3. The van der Waals surface area contributed by atoms with Crippen LogP contribution in [0.25, 0.3) is 0 Å². The minimum absolute atomic E-state index is 0.00407. The Morgan fingerprint density at radius 2 is 1.01 bits per heavy atom. The molecule has 1 saturated heterocycles. The number of nitrogens with one attached hydrogen (secondary N) is 3. The van der Waals surface area contributed by atoms with Gasteiger partial charge in [-0.1, -0.05) is 73.3 Å². The Morgan fingerprint density at radius 3 is 1.17 bits per heavy atom. The maximum Gasteiger partial charge on any atom is 0.341 e. The number of aliphatic hydroxyl groups is 1. The molecule has 1 unspecified atom stereocenters. The molecule has 1 aromatic rings. The SMILES string of the molecule is CC(=O)/C(=C(/C)Br)[N+](=O)[O-].CC(=O)/C(Br)=C(/C)Br.CC(=O)/C(Br)=C(/C)Oc1ccccc1.CC(=O)/C(Cl)=C(/C)O.CC(=O)C(C(C)=O)=C(C)C(C)Cl.CC(=O)N/C(C(C)=O)=C(\C)Cl.CN/C(C(C)=O)=C(\C)OC.CN/C(C)=C(\C(C)=O)N(C)C.CO/C(C(C)=O)=C(\C)CBr.COC(=O)/C(C(C)=O)=C(\C)C1OCCO1. The van der Waals surface area contributed by atoms with Crippen molar-refractivity contribution in [2.45, 2.75) is 171 Å². The number of nitrogens with zero attached hydrogens (tertiary/aromatic N) is 2. The Morgan fingerprint density at radius 1 is 0.578 bits per heavy atom. The van der Waals surface area contributed by atoms with Gasteiger partial charge in [0.15, 0.2) is 69.9 Å². The van der Waals surface area contributed by atoms with Gasteiger partial charge in [0.05, 0.1) is 75.3 Å². The van der Waals surface area contributed by atoms with Crippen molar-refractivity contribution < 1.29 is 101 Å². The third-order valence-electron chi connectivity index (χ3n) is 12.4. The lowest BCUT2D eigenvalue weighted by Gasteiger charge is -2.17. The predicted molar refractivity (Wildman–Crippen MR) is 445 cm³/mol. The molecule has 1 amide bonds. The Kier molecular flexibility index (Phi) is 71.2. The molecule has 0 aliphatic carbocycles. The minimum atomic E-state index is -0.702. The number of carbonyl (C=O) groups excluding carboxylic acids is 13. The number of rotatable bonds is 24. The number of hydrogen-bond acceptors (Lipinski definition) is 25. The lowest BCUT2D eigenvalue weighted by atomic mass is 10.0. The first-order valence-corrected chi connectivity index (χ1v) is 37.4. The Balaban J connectivity index is -0.000000174. The molecule has 27 nitrogen and oxygen atoms in total. The smallest absolute Gasteiger partial charge is 0.341 e. The van der Waals surface area contributed by atoms with Crippen LogP contribution in [0.2, 0.25) is 0 Å². The molecule has 1 aromatic carbocycles. The van der Waals surface area contributed by atoms with E-state index in [2.05, 4.69) is 100 Å². The van der Waals surface area contributed by atoms with Crippen molar-refractivity contribution in [3.05, 3.63) is 148 Å². The highest BCUT2D eigenvalue weighted by Gasteiger charge is 2.27. The highest BCUT2D eigenvalue weighted by atomic mass is 79.9. The van der Waals surface area contributed by atoms with E-state index in [0.717, 1.165) is 34.1 Å². The monoisotopic (exact) mass is 1920 g/mol. The van der Waals surface area contributed by atoms with Gasteiger partial charge in [-0.15, -0.1) is 11.6 Å². The Bertz CT molecular complexity index is 3540. The van der Waals surface area contributed by atoms with E-state index in [1.807, 2.05) is 77.1 Å². The Labute approximate surface area is 698 Å². The summed E-state index contributed by atoms with van der Waals surface area (Å²) in [5, 5.41) is 27.2. The van der Waals surface area contributed by atoms with Crippen LogP contribution in [0.4, 0.5) is 0 Å². The molecule has 0 saturated carbocycles. The summed E-state index contributed by atoms with van der Waals surface area (Å²) in [6.45, 7) is 36.1. The van der Waals surface area contributed by atoms with E-state index in [-0.39, 0.29) is 107 Å². The average Bonchev–Trinajstić information content (AvgIpc) is 1.81. The highest BCUT2D eigenvalue weighted by Crippen LogP contribution is 2.22. The van der Waals surface area contributed by atoms with Crippen molar-refractivity contribution in [2.75, 3.05) is 68.1 Å². The fourth-order valence-corrected chi connectivity index (χ4v) is 8.70. The van der Waals surface area contributed by atoms with E-state index in [1.54, 1.807) is 55.5 Å². The van der Waals surface area contributed by atoms with Gasteiger partial charge >= 0.3 is 11.7 Å². The minimum Gasteiger partial charge on any atom is -0.511 e. The van der Waals surface area contributed by atoms with E-state index in [4.69, 9.17) is 63.6 Å². The first-order valence-electron chi connectivity index (χ1n) is 31.9. The zero-order chi connectivity index (χ0) is 88.0. The van der Waals surface area contributed by atoms with Crippen LogP contribution in [-0.2, 0) is 86.0 Å². The number of allylic oxidation sites excluding steroid dienone is 18. The van der Waals surface area contributed by atoms with Gasteiger partial charge in [-0.05, 0) is 182 Å². The quantitative estimate of drug-likeness (QED) is 0.0109. The van der Waals surface area contributed by atoms with Crippen LogP contribution in [0.5, 0.6) is 5.75 Å².